The van der Waals surface area contributed by atoms with Crippen LogP contribution in [0.15, 0.2) is 42.5 Å². The fourth-order valence-corrected chi connectivity index (χ4v) is 4.73. The Kier molecular flexibility index (Phi) is 10.1. The number of anilines is 1. The summed E-state index contributed by atoms with van der Waals surface area (Å²) in [6.07, 6.45) is 1.93. The third-order valence-electron chi connectivity index (χ3n) is 5.12. The zero-order valence-corrected chi connectivity index (χ0v) is 21.6. The molecule has 0 aliphatic carbocycles. The minimum atomic E-state index is -3.90. The average molecular weight is 532 g/mol. The Balaban J connectivity index is 2.47. The van der Waals surface area contributed by atoms with Crippen LogP contribution in [0.4, 0.5) is 10.1 Å². The van der Waals surface area contributed by atoms with Gasteiger partial charge in [0.05, 0.1) is 11.9 Å². The van der Waals surface area contributed by atoms with E-state index < -0.39 is 34.3 Å². The number of nitrogens with one attached hydrogen (secondary N) is 1. The fourth-order valence-electron chi connectivity index (χ4n) is 3.36. The number of carbonyl (C=O) groups is 2. The molecular weight excluding hydrogens is 504 g/mol. The summed E-state index contributed by atoms with van der Waals surface area (Å²) in [5.74, 6) is -1.55. The zero-order valence-electron chi connectivity index (χ0n) is 19.2. The summed E-state index contributed by atoms with van der Waals surface area (Å²) in [5.41, 5.74) is 0.560. The van der Waals surface area contributed by atoms with Crippen LogP contribution in [-0.4, -0.2) is 50.5 Å². The fraction of sp³-hybridized carbons (Fsp3) is 0.391. The van der Waals surface area contributed by atoms with Crippen LogP contribution >= 0.6 is 23.2 Å². The third-order valence-corrected chi connectivity index (χ3v) is 6.97. The number of amides is 2. The minimum absolute atomic E-state index is 0.101. The number of hydrogen-bond donors (Lipinski definition) is 1. The molecule has 34 heavy (non-hydrogen) atoms. The van der Waals surface area contributed by atoms with Gasteiger partial charge in [-0.25, -0.2) is 12.8 Å². The first-order valence-corrected chi connectivity index (χ1v) is 13.3. The zero-order chi connectivity index (χ0) is 25.5. The summed E-state index contributed by atoms with van der Waals surface area (Å²) in [6.45, 7) is 3.38. The lowest BCUT2D eigenvalue weighted by molar-refractivity contribution is -0.140. The van der Waals surface area contributed by atoms with Crippen molar-refractivity contribution in [2.75, 3.05) is 23.7 Å². The molecule has 0 heterocycles. The first-order valence-electron chi connectivity index (χ1n) is 10.7. The van der Waals surface area contributed by atoms with E-state index in [2.05, 4.69) is 5.32 Å². The van der Waals surface area contributed by atoms with Gasteiger partial charge in [-0.3, -0.25) is 13.9 Å². The van der Waals surface area contributed by atoms with Crippen molar-refractivity contribution in [3.8, 4) is 0 Å². The van der Waals surface area contributed by atoms with E-state index in [0.717, 1.165) is 22.7 Å². The van der Waals surface area contributed by atoms with Gasteiger partial charge in [-0.05, 0) is 49.2 Å². The second-order valence-corrected chi connectivity index (χ2v) is 10.4. The number of hydrogen-bond acceptors (Lipinski definition) is 4. The summed E-state index contributed by atoms with van der Waals surface area (Å²) < 4.78 is 39.2. The normalized spacial score (nSPS) is 12.2. The maximum atomic E-state index is 13.5. The number of carbonyl (C=O) groups excluding carboxylic acids is 2. The Bertz CT molecular complexity index is 1090. The van der Waals surface area contributed by atoms with Gasteiger partial charge in [-0.1, -0.05) is 43.1 Å². The van der Waals surface area contributed by atoms with Crippen LogP contribution in [0.25, 0.3) is 0 Å². The first kappa shape index (κ1) is 27.9. The molecule has 0 aliphatic rings. The maximum Gasteiger partial charge on any atom is 0.244 e. The van der Waals surface area contributed by atoms with Crippen molar-refractivity contribution in [1.82, 2.24) is 10.2 Å². The minimum Gasteiger partial charge on any atom is -0.354 e. The first-order chi connectivity index (χ1) is 16.0. The van der Waals surface area contributed by atoms with Crippen LogP contribution in [0.3, 0.4) is 0 Å². The Hall–Kier alpha value is -2.36. The highest BCUT2D eigenvalue weighted by Crippen LogP contribution is 2.27. The standard InChI is InChI=1S/C23H28Cl2FN3O4S/c1-4-13-27-23(31)21(5-2)28(14-18-19(24)7-6-8-20(18)25)22(30)15-29(34(3,32)33)17-11-9-16(26)10-12-17/h6-12,21H,4-5,13-15H2,1-3H3,(H,27,31)/t21-/m0/s1. The van der Waals surface area contributed by atoms with Crippen LogP contribution in [-0.2, 0) is 26.2 Å². The van der Waals surface area contributed by atoms with Crippen molar-refractivity contribution in [3.05, 3.63) is 63.9 Å². The molecule has 0 saturated heterocycles. The van der Waals surface area contributed by atoms with Crippen molar-refractivity contribution >= 4 is 50.7 Å². The lowest BCUT2D eigenvalue weighted by atomic mass is 10.1. The van der Waals surface area contributed by atoms with E-state index in [1.807, 2.05) is 6.92 Å². The monoisotopic (exact) mass is 531 g/mol. The molecule has 0 spiro atoms. The van der Waals surface area contributed by atoms with Crippen LogP contribution < -0.4 is 9.62 Å². The van der Waals surface area contributed by atoms with Crippen molar-refractivity contribution in [1.29, 1.82) is 0 Å². The van der Waals surface area contributed by atoms with E-state index in [9.17, 15) is 22.4 Å². The molecule has 1 atom stereocenters. The molecule has 2 aromatic carbocycles. The number of sulfonamides is 1. The Morgan fingerprint density at radius 2 is 1.65 bits per heavy atom. The molecule has 0 aliphatic heterocycles. The highest BCUT2D eigenvalue weighted by atomic mass is 35.5. The van der Waals surface area contributed by atoms with Crippen molar-refractivity contribution in [2.45, 2.75) is 39.3 Å². The maximum absolute atomic E-state index is 13.5. The third kappa shape index (κ3) is 7.32. The van der Waals surface area contributed by atoms with Gasteiger partial charge in [0.2, 0.25) is 21.8 Å². The van der Waals surface area contributed by atoms with Gasteiger partial charge in [0.25, 0.3) is 0 Å². The number of nitrogens with zero attached hydrogens (tertiary/aromatic N) is 2. The molecule has 2 rings (SSSR count). The topological polar surface area (TPSA) is 86.8 Å². The quantitative estimate of drug-likeness (QED) is 0.469. The largest absolute Gasteiger partial charge is 0.354 e. The Morgan fingerprint density at radius 3 is 2.15 bits per heavy atom. The summed E-state index contributed by atoms with van der Waals surface area (Å²) in [6, 6.07) is 8.75. The number of rotatable bonds is 11. The Morgan fingerprint density at radius 1 is 1.06 bits per heavy atom. The molecular formula is C23H28Cl2FN3O4S. The van der Waals surface area contributed by atoms with Crippen LogP contribution in [0, 0.1) is 5.82 Å². The molecule has 0 unspecified atom stereocenters. The molecule has 0 saturated carbocycles. The van der Waals surface area contributed by atoms with Crippen molar-refractivity contribution < 1.29 is 22.4 Å². The summed E-state index contributed by atoms with van der Waals surface area (Å²) in [4.78, 5) is 27.7. The highest BCUT2D eigenvalue weighted by Gasteiger charge is 2.32. The van der Waals surface area contributed by atoms with E-state index in [1.54, 1.807) is 25.1 Å². The van der Waals surface area contributed by atoms with Gasteiger partial charge < -0.3 is 10.2 Å². The van der Waals surface area contributed by atoms with Crippen LogP contribution in [0.2, 0.25) is 10.0 Å². The van der Waals surface area contributed by atoms with Gasteiger partial charge >= 0.3 is 0 Å². The predicted octanol–water partition coefficient (Wildman–Crippen LogP) is 4.23. The molecule has 1 N–H and O–H groups in total. The second kappa shape index (κ2) is 12.4. The Labute approximate surface area is 209 Å². The molecule has 0 fully saturated rings. The van der Waals surface area contributed by atoms with Crippen LogP contribution in [0.5, 0.6) is 0 Å². The van der Waals surface area contributed by atoms with Crippen molar-refractivity contribution in [3.63, 3.8) is 0 Å². The molecule has 11 heteroatoms. The smallest absolute Gasteiger partial charge is 0.244 e. The van der Waals surface area contributed by atoms with Gasteiger partial charge in [0.15, 0.2) is 0 Å². The summed E-state index contributed by atoms with van der Waals surface area (Å²) >= 11 is 12.6. The van der Waals surface area contributed by atoms with Gasteiger partial charge in [-0.2, -0.15) is 0 Å². The molecule has 7 nitrogen and oxygen atoms in total. The van der Waals surface area contributed by atoms with E-state index >= 15 is 0 Å². The van der Waals surface area contributed by atoms with Gasteiger partial charge in [0, 0.05) is 28.7 Å². The molecule has 0 bridgehead atoms. The van der Waals surface area contributed by atoms with Gasteiger partial charge in [-0.15, -0.1) is 0 Å². The second-order valence-electron chi connectivity index (χ2n) is 7.68. The lowest BCUT2D eigenvalue weighted by Gasteiger charge is -2.33. The van der Waals surface area contributed by atoms with E-state index in [1.165, 1.54) is 17.0 Å². The van der Waals surface area contributed by atoms with E-state index in [-0.39, 0.29) is 24.6 Å². The molecule has 0 aromatic heterocycles. The predicted molar refractivity (Wildman–Crippen MR) is 133 cm³/mol. The van der Waals surface area contributed by atoms with E-state index in [0.29, 0.717) is 28.6 Å². The number of halogens is 3. The summed E-state index contributed by atoms with van der Waals surface area (Å²) in [5, 5.41) is 3.41. The SMILES string of the molecule is CCCNC(=O)[C@H](CC)N(Cc1c(Cl)cccc1Cl)C(=O)CN(c1ccc(F)cc1)S(C)(=O)=O. The molecule has 2 amide bonds. The van der Waals surface area contributed by atoms with Crippen LogP contribution in [0.1, 0.15) is 32.3 Å². The molecule has 2 aromatic rings. The molecule has 0 radical (unpaired) electrons. The lowest BCUT2D eigenvalue weighted by Crippen LogP contribution is -2.52. The highest BCUT2D eigenvalue weighted by molar-refractivity contribution is 7.92. The van der Waals surface area contributed by atoms with E-state index in [4.69, 9.17) is 23.2 Å². The van der Waals surface area contributed by atoms with Gasteiger partial charge in [0.1, 0.15) is 18.4 Å². The number of benzene rings is 2. The van der Waals surface area contributed by atoms with Crippen molar-refractivity contribution in [2.24, 2.45) is 0 Å². The average Bonchev–Trinajstić information content (AvgIpc) is 2.77. The summed E-state index contributed by atoms with van der Waals surface area (Å²) in [7, 11) is -3.90. The molecule has 186 valence electrons.